The Morgan fingerprint density at radius 2 is 0.824 bits per heavy atom. The van der Waals surface area contributed by atoms with Gasteiger partial charge in [-0.3, -0.25) is 14.5 Å². The van der Waals surface area contributed by atoms with E-state index in [2.05, 4.69) is 139 Å². The second kappa shape index (κ2) is 20.7. The lowest BCUT2D eigenvalue weighted by Gasteiger charge is -2.12. The van der Waals surface area contributed by atoms with Gasteiger partial charge in [-0.2, -0.15) is 0 Å². The number of para-hydroxylation sites is 4. The van der Waals surface area contributed by atoms with E-state index in [4.69, 9.17) is 28.8 Å². The summed E-state index contributed by atoms with van der Waals surface area (Å²) in [5.74, 6) is 2.17. The number of nitrogens with one attached hydrogen (secondary N) is 1. The van der Waals surface area contributed by atoms with Gasteiger partial charge in [-0.25, -0.2) is 19.9 Å². The molecule has 8 aromatic heterocycles. The van der Waals surface area contributed by atoms with Crippen LogP contribution in [0.1, 0.15) is 0 Å². The standard InChI is InChI=1S/C37H22N4O.C21H12N2O.C16H11BrN2/c1-3-12-23(13-4-1)28-22-31(40-37(39-28)24-14-5-2-6-15-24)41-29-19-9-7-16-25(29)32-27-18-11-21-38-34(27)33-26-17-8-10-20-30(26)42-36(33)35(32)41;1-3-9-15-12(6-1)17-14-8-5-11-22-19(14)18-13-7-2-4-10-16(13)24-21(18)20(17)23-15;17-15-11-14(12-7-3-1-4-8-12)18-16(19-15)13-9-5-2-6-10-13/h1-22H;1-11,23H;1-11H. The third kappa shape index (κ3) is 8.55. The van der Waals surface area contributed by atoms with Gasteiger partial charge in [0.2, 0.25) is 0 Å². The van der Waals surface area contributed by atoms with Gasteiger partial charge >= 0.3 is 0 Å². The van der Waals surface area contributed by atoms with Crippen molar-refractivity contribution in [1.29, 1.82) is 0 Å². The second-order valence-electron chi connectivity index (χ2n) is 20.7. The summed E-state index contributed by atoms with van der Waals surface area (Å²) in [6.07, 6.45) is 3.71. The summed E-state index contributed by atoms with van der Waals surface area (Å²) in [6, 6.07) is 86.0. The van der Waals surface area contributed by atoms with Gasteiger partial charge in [0.05, 0.1) is 49.7 Å². The molecular formula is C74H45BrN8O2. The number of fused-ring (bicyclic) bond motifs is 20. The summed E-state index contributed by atoms with van der Waals surface area (Å²) in [4.78, 5) is 32.4. The van der Waals surface area contributed by atoms with Crippen LogP contribution in [0.5, 0.6) is 0 Å². The lowest BCUT2D eigenvalue weighted by molar-refractivity contribution is 0.671. The summed E-state index contributed by atoms with van der Waals surface area (Å²) in [7, 11) is 0. The Hall–Kier alpha value is -11.1. The fourth-order valence-corrected chi connectivity index (χ4v) is 12.4. The van der Waals surface area contributed by atoms with Gasteiger partial charge < -0.3 is 13.8 Å². The Kier molecular flexibility index (Phi) is 12.1. The number of halogens is 1. The molecule has 0 saturated carbocycles. The van der Waals surface area contributed by atoms with Crippen LogP contribution in [0.2, 0.25) is 0 Å². The molecule has 11 heteroatoms. The SMILES string of the molecule is Brc1cc(-c2ccccc2)nc(-c2ccccc2)n1.c1ccc(-c2cc(-n3c4ccccc4c4c5cccnc5c5c6ccccc6oc5c43)nc(-c3ccccc3)n2)cc1.c1ccc2c(c1)[nH]c1c3oc4ccccc4c3c3ncccc3c21. The summed E-state index contributed by atoms with van der Waals surface area (Å²) in [5, 5.41) is 11.1. The number of hydrogen-bond donors (Lipinski definition) is 1. The van der Waals surface area contributed by atoms with Crippen LogP contribution in [0.4, 0.5) is 0 Å². The number of aromatic amines is 1. The molecule has 18 aromatic rings. The topological polar surface area (TPSA) is 124 Å². The van der Waals surface area contributed by atoms with E-state index in [-0.39, 0.29) is 0 Å². The molecule has 400 valence electrons. The first-order valence-corrected chi connectivity index (χ1v) is 28.7. The number of furan rings is 2. The highest BCUT2D eigenvalue weighted by Gasteiger charge is 2.25. The van der Waals surface area contributed by atoms with Gasteiger partial charge in [-0.15, -0.1) is 0 Å². The number of rotatable bonds is 5. The first-order valence-electron chi connectivity index (χ1n) is 27.9. The Balaban J connectivity index is 0.000000115. The Bertz CT molecular complexity index is 5340. The molecule has 0 spiro atoms. The summed E-state index contributed by atoms with van der Waals surface area (Å²) in [6.45, 7) is 0. The fourth-order valence-electron chi connectivity index (χ4n) is 12.0. The van der Waals surface area contributed by atoms with Crippen LogP contribution in [0.3, 0.4) is 0 Å². The number of hydrogen-bond acceptors (Lipinski definition) is 8. The third-order valence-corrected chi connectivity index (χ3v) is 16.1. The maximum absolute atomic E-state index is 6.69. The number of aromatic nitrogens is 8. The highest BCUT2D eigenvalue weighted by atomic mass is 79.9. The molecule has 0 fully saturated rings. The quantitative estimate of drug-likeness (QED) is 0.169. The van der Waals surface area contributed by atoms with Crippen molar-refractivity contribution in [2.75, 3.05) is 0 Å². The fraction of sp³-hybridized carbons (Fsp3) is 0. The molecule has 0 aliphatic heterocycles. The zero-order chi connectivity index (χ0) is 56.4. The van der Waals surface area contributed by atoms with E-state index in [0.717, 1.165) is 148 Å². The maximum Gasteiger partial charge on any atom is 0.162 e. The molecule has 0 amide bonds. The average Bonchev–Trinajstić information content (AvgIpc) is 1.87. The van der Waals surface area contributed by atoms with E-state index in [9.17, 15) is 0 Å². The zero-order valence-electron chi connectivity index (χ0n) is 45.2. The first-order chi connectivity index (χ1) is 42.1. The summed E-state index contributed by atoms with van der Waals surface area (Å²) in [5.41, 5.74) is 15.4. The highest BCUT2D eigenvalue weighted by Crippen LogP contribution is 2.46. The molecule has 0 atom stereocenters. The molecule has 0 aliphatic rings. The van der Waals surface area contributed by atoms with E-state index >= 15 is 0 Å². The molecule has 0 radical (unpaired) electrons. The first kappa shape index (κ1) is 49.7. The highest BCUT2D eigenvalue weighted by molar-refractivity contribution is 9.10. The van der Waals surface area contributed by atoms with Crippen molar-refractivity contribution in [2.24, 2.45) is 0 Å². The predicted molar refractivity (Wildman–Crippen MR) is 349 cm³/mol. The molecule has 0 bridgehead atoms. The lowest BCUT2D eigenvalue weighted by Crippen LogP contribution is -2.02. The molecule has 8 heterocycles. The Morgan fingerprint density at radius 3 is 1.44 bits per heavy atom. The van der Waals surface area contributed by atoms with Crippen molar-refractivity contribution in [2.45, 2.75) is 0 Å². The molecular weight excluding hydrogens is 1110 g/mol. The van der Waals surface area contributed by atoms with Crippen molar-refractivity contribution < 1.29 is 8.83 Å². The van der Waals surface area contributed by atoms with E-state index in [1.165, 1.54) is 10.8 Å². The summed E-state index contributed by atoms with van der Waals surface area (Å²) >= 11 is 3.46. The minimum atomic E-state index is 0.668. The largest absolute Gasteiger partial charge is 0.454 e. The Labute approximate surface area is 493 Å². The number of benzene rings is 10. The molecule has 1 N–H and O–H groups in total. The van der Waals surface area contributed by atoms with Crippen molar-refractivity contribution >= 4 is 125 Å². The molecule has 0 unspecified atom stereocenters. The van der Waals surface area contributed by atoms with Gasteiger partial charge in [0.1, 0.15) is 21.6 Å². The van der Waals surface area contributed by atoms with Crippen LogP contribution >= 0.6 is 15.9 Å². The third-order valence-electron chi connectivity index (χ3n) is 15.7. The smallest absolute Gasteiger partial charge is 0.162 e. The number of nitrogens with zero attached hydrogens (tertiary/aromatic N) is 7. The average molecular weight is 1160 g/mol. The van der Waals surface area contributed by atoms with Gasteiger partial charge in [0.25, 0.3) is 0 Å². The van der Waals surface area contributed by atoms with Crippen molar-refractivity contribution in [3.8, 4) is 51.1 Å². The van der Waals surface area contributed by atoms with Crippen LogP contribution in [-0.4, -0.2) is 39.5 Å². The molecule has 10 aromatic carbocycles. The summed E-state index contributed by atoms with van der Waals surface area (Å²) < 4.78 is 16.0. The van der Waals surface area contributed by atoms with Gasteiger partial charge in [-0.1, -0.05) is 206 Å². The number of pyridine rings is 2. The minimum absolute atomic E-state index is 0.668. The van der Waals surface area contributed by atoms with E-state index in [1.54, 1.807) is 0 Å². The van der Waals surface area contributed by atoms with Crippen molar-refractivity contribution in [3.05, 3.63) is 272 Å². The molecule has 85 heavy (non-hydrogen) atoms. The molecule has 10 nitrogen and oxygen atoms in total. The molecule has 0 saturated heterocycles. The van der Waals surface area contributed by atoms with E-state index < -0.39 is 0 Å². The van der Waals surface area contributed by atoms with Crippen LogP contribution in [0.15, 0.2) is 281 Å². The Morgan fingerprint density at radius 1 is 0.365 bits per heavy atom. The number of H-pyrrole nitrogens is 1. The van der Waals surface area contributed by atoms with Gasteiger partial charge in [0, 0.05) is 89.3 Å². The van der Waals surface area contributed by atoms with Crippen LogP contribution in [-0.2, 0) is 0 Å². The minimum Gasteiger partial charge on any atom is -0.454 e. The predicted octanol–water partition coefficient (Wildman–Crippen LogP) is 19.7. The molecule has 18 rings (SSSR count). The molecule has 0 aliphatic carbocycles. The lowest BCUT2D eigenvalue weighted by atomic mass is 10.0. The van der Waals surface area contributed by atoms with Gasteiger partial charge in [0.15, 0.2) is 22.8 Å². The van der Waals surface area contributed by atoms with Gasteiger partial charge in [-0.05, 0) is 58.4 Å². The van der Waals surface area contributed by atoms with E-state index in [1.807, 2.05) is 164 Å². The van der Waals surface area contributed by atoms with Crippen LogP contribution < -0.4 is 0 Å². The van der Waals surface area contributed by atoms with Crippen molar-refractivity contribution in [3.63, 3.8) is 0 Å². The van der Waals surface area contributed by atoms with Crippen molar-refractivity contribution in [1.82, 2.24) is 39.5 Å². The normalized spacial score (nSPS) is 11.6. The maximum atomic E-state index is 6.69. The van der Waals surface area contributed by atoms with E-state index in [0.29, 0.717) is 5.82 Å². The van der Waals surface area contributed by atoms with Crippen LogP contribution in [0, 0.1) is 0 Å². The second-order valence-corrected chi connectivity index (χ2v) is 21.5. The zero-order valence-corrected chi connectivity index (χ0v) is 46.8. The van der Waals surface area contributed by atoms with Crippen LogP contribution in [0.25, 0.3) is 160 Å². The monoisotopic (exact) mass is 1160 g/mol.